The highest BCUT2D eigenvalue weighted by molar-refractivity contribution is 14.0. The molecule has 1 atom stereocenters. The van der Waals surface area contributed by atoms with E-state index in [4.69, 9.17) is 4.42 Å². The number of aliphatic imine (C=N–C) groups is 1. The van der Waals surface area contributed by atoms with Gasteiger partial charge < -0.3 is 15.1 Å². The van der Waals surface area contributed by atoms with Crippen molar-refractivity contribution in [1.82, 2.24) is 10.6 Å². The number of aryl methyl sites for hydroxylation is 1. The topological polar surface area (TPSA) is 49.6 Å². The van der Waals surface area contributed by atoms with Crippen LogP contribution in [-0.4, -0.2) is 19.6 Å². The van der Waals surface area contributed by atoms with Crippen LogP contribution in [0.1, 0.15) is 29.9 Å². The Balaban J connectivity index is 0.00000242. The van der Waals surface area contributed by atoms with E-state index in [0.717, 1.165) is 24.7 Å². The van der Waals surface area contributed by atoms with E-state index in [1.54, 1.807) is 13.3 Å². The zero-order chi connectivity index (χ0) is 15.1. The molecule has 0 aliphatic carbocycles. The second-order valence-electron chi connectivity index (χ2n) is 5.05. The highest BCUT2D eigenvalue weighted by atomic mass is 127. The van der Waals surface area contributed by atoms with Gasteiger partial charge in [-0.3, -0.25) is 4.99 Å². The van der Waals surface area contributed by atoms with Gasteiger partial charge in [0, 0.05) is 20.0 Å². The zero-order valence-corrected chi connectivity index (χ0v) is 15.6. The summed E-state index contributed by atoms with van der Waals surface area (Å²) in [6.07, 6.45) is 2.54. The Kier molecular flexibility index (Phi) is 8.01. The maximum Gasteiger partial charge on any atom is 0.191 e. The Bertz CT molecular complexity index is 581. The highest BCUT2D eigenvalue weighted by Gasteiger charge is 2.09. The summed E-state index contributed by atoms with van der Waals surface area (Å²) in [5.41, 5.74) is 2.56. The Morgan fingerprint density at radius 3 is 2.64 bits per heavy atom. The lowest BCUT2D eigenvalue weighted by Gasteiger charge is -2.19. The van der Waals surface area contributed by atoms with Gasteiger partial charge in [-0.25, -0.2) is 0 Å². The lowest BCUT2D eigenvalue weighted by Crippen LogP contribution is -2.39. The summed E-state index contributed by atoms with van der Waals surface area (Å²) in [5.74, 6) is 1.78. The van der Waals surface area contributed by atoms with Crippen molar-refractivity contribution in [2.75, 3.05) is 13.6 Å². The Hall–Kier alpha value is -1.50. The van der Waals surface area contributed by atoms with Crippen LogP contribution in [0.25, 0.3) is 0 Å². The average Bonchev–Trinajstić information content (AvgIpc) is 2.99. The van der Waals surface area contributed by atoms with Crippen molar-refractivity contribution in [3.63, 3.8) is 0 Å². The normalized spacial score (nSPS) is 12.4. The fraction of sp³-hybridized carbons (Fsp3) is 0.353. The van der Waals surface area contributed by atoms with Crippen molar-refractivity contribution in [1.29, 1.82) is 0 Å². The molecule has 2 aromatic rings. The van der Waals surface area contributed by atoms with Gasteiger partial charge in [0.1, 0.15) is 5.76 Å². The monoisotopic (exact) mass is 413 g/mol. The van der Waals surface area contributed by atoms with Crippen LogP contribution in [0.4, 0.5) is 0 Å². The second kappa shape index (κ2) is 9.50. The molecule has 4 nitrogen and oxygen atoms in total. The van der Waals surface area contributed by atoms with Crippen molar-refractivity contribution in [2.45, 2.75) is 26.3 Å². The fourth-order valence-electron chi connectivity index (χ4n) is 2.31. The second-order valence-corrected chi connectivity index (χ2v) is 5.05. The molecular formula is C17H24IN3O. The molecule has 120 valence electrons. The van der Waals surface area contributed by atoms with E-state index < -0.39 is 0 Å². The lowest BCUT2D eigenvalue weighted by molar-refractivity contribution is 0.506. The molecule has 0 fully saturated rings. The van der Waals surface area contributed by atoms with E-state index in [1.165, 1.54) is 11.1 Å². The van der Waals surface area contributed by atoms with E-state index >= 15 is 0 Å². The predicted octanol–water partition coefficient (Wildman–Crippen LogP) is 3.67. The van der Waals surface area contributed by atoms with Gasteiger partial charge in [0.05, 0.1) is 12.3 Å². The molecule has 0 saturated carbocycles. The lowest BCUT2D eigenvalue weighted by atomic mass is 10.0. The first-order valence-electron chi connectivity index (χ1n) is 7.26. The molecule has 2 N–H and O–H groups in total. The number of halogens is 1. The standard InChI is InChI=1S/C17H23N3O.HI/c1-13-7-4-5-9-16(13)14(2)20-17(18-3)19-11-10-15-8-6-12-21-15;/h4-9,12,14H,10-11H2,1-3H3,(H2,18,19,20);1H. The number of furan rings is 1. The van der Waals surface area contributed by atoms with Crippen molar-refractivity contribution in [2.24, 2.45) is 4.99 Å². The summed E-state index contributed by atoms with van der Waals surface area (Å²) in [6, 6.07) is 12.5. The SMILES string of the molecule is CN=C(NCCc1ccco1)NC(C)c1ccccc1C.I. The van der Waals surface area contributed by atoms with Crippen molar-refractivity contribution in [3.05, 3.63) is 59.5 Å². The minimum atomic E-state index is 0. The van der Waals surface area contributed by atoms with Gasteiger partial charge in [-0.15, -0.1) is 24.0 Å². The van der Waals surface area contributed by atoms with Crippen LogP contribution in [0.2, 0.25) is 0 Å². The van der Waals surface area contributed by atoms with Crippen LogP contribution in [0.3, 0.4) is 0 Å². The first-order chi connectivity index (χ1) is 10.2. The first kappa shape index (κ1) is 18.5. The van der Waals surface area contributed by atoms with Gasteiger partial charge in [0.2, 0.25) is 0 Å². The van der Waals surface area contributed by atoms with Crippen LogP contribution < -0.4 is 10.6 Å². The highest BCUT2D eigenvalue weighted by Crippen LogP contribution is 2.16. The molecule has 0 aliphatic rings. The van der Waals surface area contributed by atoms with Crippen LogP contribution in [0.5, 0.6) is 0 Å². The first-order valence-corrected chi connectivity index (χ1v) is 7.26. The minimum absolute atomic E-state index is 0. The maximum absolute atomic E-state index is 5.31. The average molecular weight is 413 g/mol. The van der Waals surface area contributed by atoms with Crippen molar-refractivity contribution < 1.29 is 4.42 Å². The predicted molar refractivity (Wildman–Crippen MR) is 102 cm³/mol. The summed E-state index contributed by atoms with van der Waals surface area (Å²) < 4.78 is 5.31. The summed E-state index contributed by atoms with van der Waals surface area (Å²) in [4.78, 5) is 4.27. The Labute approximate surface area is 149 Å². The molecule has 0 aliphatic heterocycles. The molecule has 1 aromatic heterocycles. The summed E-state index contributed by atoms with van der Waals surface area (Å²) in [7, 11) is 1.78. The van der Waals surface area contributed by atoms with Crippen LogP contribution >= 0.6 is 24.0 Å². The maximum atomic E-state index is 5.31. The number of hydrogen-bond donors (Lipinski definition) is 2. The zero-order valence-electron chi connectivity index (χ0n) is 13.3. The van der Waals surface area contributed by atoms with Crippen molar-refractivity contribution in [3.8, 4) is 0 Å². The summed E-state index contributed by atoms with van der Waals surface area (Å²) >= 11 is 0. The minimum Gasteiger partial charge on any atom is -0.469 e. The van der Waals surface area contributed by atoms with Gasteiger partial charge in [-0.05, 0) is 37.1 Å². The van der Waals surface area contributed by atoms with E-state index in [1.807, 2.05) is 12.1 Å². The molecule has 0 amide bonds. The number of hydrogen-bond acceptors (Lipinski definition) is 2. The van der Waals surface area contributed by atoms with E-state index in [9.17, 15) is 0 Å². The van der Waals surface area contributed by atoms with Gasteiger partial charge >= 0.3 is 0 Å². The van der Waals surface area contributed by atoms with Gasteiger partial charge in [-0.1, -0.05) is 24.3 Å². The van der Waals surface area contributed by atoms with Crippen LogP contribution in [0.15, 0.2) is 52.1 Å². The van der Waals surface area contributed by atoms with Crippen molar-refractivity contribution >= 4 is 29.9 Å². The molecule has 5 heteroatoms. The molecule has 0 saturated heterocycles. The van der Waals surface area contributed by atoms with Gasteiger partial charge in [0.15, 0.2) is 5.96 Å². The van der Waals surface area contributed by atoms with E-state index in [0.29, 0.717) is 0 Å². The molecule has 0 spiro atoms. The molecule has 1 heterocycles. The van der Waals surface area contributed by atoms with E-state index in [-0.39, 0.29) is 30.0 Å². The Morgan fingerprint density at radius 1 is 1.23 bits per heavy atom. The number of benzene rings is 1. The molecule has 22 heavy (non-hydrogen) atoms. The molecule has 1 unspecified atom stereocenters. The fourth-order valence-corrected chi connectivity index (χ4v) is 2.31. The van der Waals surface area contributed by atoms with E-state index in [2.05, 4.69) is 53.7 Å². The Morgan fingerprint density at radius 2 is 2.00 bits per heavy atom. The molecule has 0 bridgehead atoms. The summed E-state index contributed by atoms with van der Waals surface area (Å²) in [5, 5.41) is 6.72. The number of nitrogens with zero attached hydrogens (tertiary/aromatic N) is 1. The third-order valence-corrected chi connectivity index (χ3v) is 3.48. The quantitative estimate of drug-likeness (QED) is 0.447. The molecular weight excluding hydrogens is 389 g/mol. The number of rotatable bonds is 5. The molecule has 1 aromatic carbocycles. The molecule has 2 rings (SSSR count). The van der Waals surface area contributed by atoms with Gasteiger partial charge in [-0.2, -0.15) is 0 Å². The number of nitrogens with one attached hydrogen (secondary N) is 2. The number of guanidine groups is 1. The summed E-state index contributed by atoms with van der Waals surface area (Å²) in [6.45, 7) is 5.05. The smallest absolute Gasteiger partial charge is 0.191 e. The third kappa shape index (κ3) is 5.36. The van der Waals surface area contributed by atoms with Crippen LogP contribution in [0, 0.1) is 6.92 Å². The van der Waals surface area contributed by atoms with Crippen LogP contribution in [-0.2, 0) is 6.42 Å². The molecule has 0 radical (unpaired) electrons. The largest absolute Gasteiger partial charge is 0.469 e. The third-order valence-electron chi connectivity index (χ3n) is 3.48. The van der Waals surface area contributed by atoms with Gasteiger partial charge in [0.25, 0.3) is 0 Å².